The van der Waals surface area contributed by atoms with Gasteiger partial charge in [-0.1, -0.05) is 18.2 Å². The fourth-order valence-corrected chi connectivity index (χ4v) is 2.41. The lowest BCUT2D eigenvalue weighted by Gasteiger charge is -2.27. The summed E-state index contributed by atoms with van der Waals surface area (Å²) < 4.78 is 5.72. The van der Waals surface area contributed by atoms with Gasteiger partial charge >= 0.3 is 6.09 Å². The Morgan fingerprint density at radius 1 is 1.20 bits per heavy atom. The molecule has 6 nitrogen and oxygen atoms in total. The van der Waals surface area contributed by atoms with E-state index in [2.05, 4.69) is 10.2 Å². The van der Waals surface area contributed by atoms with E-state index < -0.39 is 6.09 Å². The molecule has 0 aliphatic carbocycles. The molecule has 3 rings (SSSR count). The molecule has 0 saturated carbocycles. The standard InChI is InChI=1S/C14H15N3O3/c18-14(19)17-8-6-11(7-9-17)13-16-15-12(20-13)10-4-2-1-3-5-10/h1-5,11H,6-9H2,(H,18,19). The predicted molar refractivity (Wildman–Crippen MR) is 71.3 cm³/mol. The number of benzene rings is 1. The number of amides is 1. The molecular weight excluding hydrogens is 258 g/mol. The number of carbonyl (C=O) groups is 1. The molecular formula is C14H15N3O3. The second kappa shape index (κ2) is 5.32. The molecule has 2 aromatic rings. The molecule has 1 aliphatic heterocycles. The van der Waals surface area contributed by atoms with Crippen LogP contribution in [0.25, 0.3) is 11.5 Å². The number of nitrogens with zero attached hydrogens (tertiary/aromatic N) is 3. The molecule has 0 bridgehead atoms. The maximum atomic E-state index is 10.9. The van der Waals surface area contributed by atoms with E-state index >= 15 is 0 Å². The molecule has 0 atom stereocenters. The lowest BCUT2D eigenvalue weighted by Crippen LogP contribution is -2.36. The van der Waals surface area contributed by atoms with Crippen molar-refractivity contribution in [3.8, 4) is 11.5 Å². The van der Waals surface area contributed by atoms with Crippen molar-refractivity contribution >= 4 is 6.09 Å². The van der Waals surface area contributed by atoms with Gasteiger partial charge in [-0.2, -0.15) is 0 Å². The molecule has 0 spiro atoms. The van der Waals surface area contributed by atoms with Gasteiger partial charge in [0, 0.05) is 24.6 Å². The van der Waals surface area contributed by atoms with Crippen LogP contribution in [0.4, 0.5) is 4.79 Å². The Kier molecular flexibility index (Phi) is 3.37. The van der Waals surface area contributed by atoms with Gasteiger partial charge in [-0.3, -0.25) is 0 Å². The van der Waals surface area contributed by atoms with Crippen LogP contribution >= 0.6 is 0 Å². The van der Waals surface area contributed by atoms with E-state index in [0.29, 0.717) is 24.9 Å². The average molecular weight is 273 g/mol. The highest BCUT2D eigenvalue weighted by atomic mass is 16.4. The molecule has 2 heterocycles. The van der Waals surface area contributed by atoms with E-state index in [1.165, 1.54) is 4.90 Å². The topological polar surface area (TPSA) is 79.5 Å². The molecule has 6 heteroatoms. The number of carboxylic acid groups (broad SMARTS) is 1. The van der Waals surface area contributed by atoms with Gasteiger partial charge in [0.25, 0.3) is 0 Å². The van der Waals surface area contributed by atoms with Crippen molar-refractivity contribution in [1.82, 2.24) is 15.1 Å². The van der Waals surface area contributed by atoms with Crippen molar-refractivity contribution in [3.63, 3.8) is 0 Å². The second-order valence-corrected chi connectivity index (χ2v) is 4.86. The summed E-state index contributed by atoms with van der Waals surface area (Å²) in [5.41, 5.74) is 0.897. The summed E-state index contributed by atoms with van der Waals surface area (Å²) >= 11 is 0. The maximum absolute atomic E-state index is 10.9. The molecule has 1 aromatic carbocycles. The molecule has 20 heavy (non-hydrogen) atoms. The number of hydrogen-bond acceptors (Lipinski definition) is 4. The first-order chi connectivity index (χ1) is 9.74. The van der Waals surface area contributed by atoms with Gasteiger partial charge < -0.3 is 14.4 Å². The number of likely N-dealkylation sites (tertiary alicyclic amines) is 1. The molecule has 1 aliphatic rings. The Hall–Kier alpha value is -2.37. The summed E-state index contributed by atoms with van der Waals surface area (Å²) in [5.74, 6) is 1.27. The zero-order valence-corrected chi connectivity index (χ0v) is 10.9. The van der Waals surface area contributed by atoms with Gasteiger partial charge in [0.05, 0.1) is 0 Å². The fourth-order valence-electron chi connectivity index (χ4n) is 2.41. The second-order valence-electron chi connectivity index (χ2n) is 4.86. The largest absolute Gasteiger partial charge is 0.465 e. The van der Waals surface area contributed by atoms with Gasteiger partial charge in [0.2, 0.25) is 11.8 Å². The monoisotopic (exact) mass is 273 g/mol. The molecule has 1 N–H and O–H groups in total. The van der Waals surface area contributed by atoms with E-state index in [1.54, 1.807) is 0 Å². The van der Waals surface area contributed by atoms with Crippen LogP contribution in [-0.2, 0) is 0 Å². The normalized spacial score (nSPS) is 16.3. The van der Waals surface area contributed by atoms with Crippen LogP contribution in [0.3, 0.4) is 0 Å². The highest BCUT2D eigenvalue weighted by molar-refractivity contribution is 5.65. The van der Waals surface area contributed by atoms with Crippen molar-refractivity contribution in [3.05, 3.63) is 36.2 Å². The highest BCUT2D eigenvalue weighted by Gasteiger charge is 2.27. The van der Waals surface area contributed by atoms with Crippen LogP contribution in [0.15, 0.2) is 34.7 Å². The van der Waals surface area contributed by atoms with Gasteiger partial charge in [-0.25, -0.2) is 4.79 Å². The summed E-state index contributed by atoms with van der Waals surface area (Å²) in [6.07, 6.45) is 0.588. The Balaban J connectivity index is 1.71. The number of piperidine rings is 1. The lowest BCUT2D eigenvalue weighted by atomic mass is 9.97. The van der Waals surface area contributed by atoms with Crippen LogP contribution in [0, 0.1) is 0 Å². The first kappa shape index (κ1) is 12.7. The first-order valence-corrected chi connectivity index (χ1v) is 6.61. The summed E-state index contributed by atoms with van der Waals surface area (Å²) in [6, 6.07) is 9.62. The Labute approximate surface area is 116 Å². The summed E-state index contributed by atoms with van der Waals surface area (Å²) in [7, 11) is 0. The Morgan fingerprint density at radius 3 is 2.55 bits per heavy atom. The van der Waals surface area contributed by atoms with Crippen LogP contribution in [0.2, 0.25) is 0 Å². The van der Waals surface area contributed by atoms with Gasteiger partial charge in [-0.05, 0) is 25.0 Å². The van der Waals surface area contributed by atoms with E-state index in [1.807, 2.05) is 30.3 Å². The lowest BCUT2D eigenvalue weighted by molar-refractivity contribution is 0.129. The van der Waals surface area contributed by atoms with Crippen LogP contribution < -0.4 is 0 Å². The summed E-state index contributed by atoms with van der Waals surface area (Å²) in [4.78, 5) is 12.3. The van der Waals surface area contributed by atoms with Gasteiger partial charge in [0.1, 0.15) is 0 Å². The maximum Gasteiger partial charge on any atom is 0.407 e. The zero-order valence-electron chi connectivity index (χ0n) is 10.9. The van der Waals surface area contributed by atoms with E-state index in [9.17, 15) is 4.79 Å². The Bertz CT molecular complexity index is 589. The summed E-state index contributed by atoms with van der Waals surface area (Å²) in [6.45, 7) is 1.03. The number of aromatic nitrogens is 2. The van der Waals surface area contributed by atoms with Crippen molar-refractivity contribution < 1.29 is 14.3 Å². The predicted octanol–water partition coefficient (Wildman–Crippen LogP) is 2.59. The quantitative estimate of drug-likeness (QED) is 0.909. The summed E-state index contributed by atoms with van der Waals surface area (Å²) in [5, 5.41) is 17.1. The van der Waals surface area contributed by atoms with Crippen molar-refractivity contribution in [2.45, 2.75) is 18.8 Å². The van der Waals surface area contributed by atoms with Crippen LogP contribution in [0.5, 0.6) is 0 Å². The molecule has 0 unspecified atom stereocenters. The number of rotatable bonds is 2. The third-order valence-electron chi connectivity index (χ3n) is 3.58. The van der Waals surface area contributed by atoms with Crippen molar-refractivity contribution in [1.29, 1.82) is 0 Å². The minimum absolute atomic E-state index is 0.149. The third-order valence-corrected chi connectivity index (χ3v) is 3.58. The minimum Gasteiger partial charge on any atom is -0.465 e. The van der Waals surface area contributed by atoms with Crippen LogP contribution in [-0.4, -0.2) is 39.4 Å². The molecule has 1 aromatic heterocycles. The zero-order chi connectivity index (χ0) is 13.9. The molecule has 0 radical (unpaired) electrons. The fraction of sp³-hybridized carbons (Fsp3) is 0.357. The molecule has 1 saturated heterocycles. The Morgan fingerprint density at radius 2 is 1.90 bits per heavy atom. The van der Waals surface area contributed by atoms with Gasteiger partial charge in [-0.15, -0.1) is 10.2 Å². The van der Waals surface area contributed by atoms with Crippen molar-refractivity contribution in [2.24, 2.45) is 0 Å². The molecule has 1 amide bonds. The van der Waals surface area contributed by atoms with Gasteiger partial charge in [0.15, 0.2) is 0 Å². The third kappa shape index (κ3) is 2.49. The van der Waals surface area contributed by atoms with Crippen molar-refractivity contribution in [2.75, 3.05) is 13.1 Å². The molecule has 104 valence electrons. The first-order valence-electron chi connectivity index (χ1n) is 6.61. The SMILES string of the molecule is O=C(O)N1CCC(c2nnc(-c3ccccc3)o2)CC1. The average Bonchev–Trinajstić information content (AvgIpc) is 2.98. The minimum atomic E-state index is -0.862. The highest BCUT2D eigenvalue weighted by Crippen LogP contribution is 2.29. The molecule has 1 fully saturated rings. The van der Waals surface area contributed by atoms with E-state index in [0.717, 1.165) is 18.4 Å². The van der Waals surface area contributed by atoms with E-state index in [4.69, 9.17) is 9.52 Å². The van der Waals surface area contributed by atoms with Crippen LogP contribution in [0.1, 0.15) is 24.7 Å². The van der Waals surface area contributed by atoms with E-state index in [-0.39, 0.29) is 5.92 Å². The smallest absolute Gasteiger partial charge is 0.407 e. The number of hydrogen-bond donors (Lipinski definition) is 1.